The number of rotatable bonds is 2. The third-order valence-corrected chi connectivity index (χ3v) is 2.80. The average Bonchev–Trinajstić information content (AvgIpc) is 2.46. The minimum atomic E-state index is 0.125. The minimum Gasteiger partial charge on any atom is -0.396 e. The summed E-state index contributed by atoms with van der Waals surface area (Å²) in [6, 6.07) is 6.03. The Morgan fingerprint density at radius 1 is 1.50 bits per heavy atom. The number of nitrogens with zero attached hydrogens (tertiary/aromatic N) is 2. The highest BCUT2D eigenvalue weighted by Gasteiger charge is 2.09. The van der Waals surface area contributed by atoms with E-state index in [0.29, 0.717) is 6.42 Å². The van der Waals surface area contributed by atoms with E-state index < -0.39 is 0 Å². The fraction of sp³-hybridized carbons (Fsp3) is 0.300. The Bertz CT molecular complexity index is 464. The lowest BCUT2D eigenvalue weighted by Gasteiger charge is -2.02. The summed E-state index contributed by atoms with van der Waals surface area (Å²) >= 11 is 3.41. The molecule has 0 radical (unpaired) electrons. The lowest BCUT2D eigenvalue weighted by atomic mass is 10.3. The number of halogens is 1. The van der Waals surface area contributed by atoms with Crippen molar-refractivity contribution in [1.82, 2.24) is 9.38 Å². The maximum atomic E-state index is 8.91. The summed E-state index contributed by atoms with van der Waals surface area (Å²) in [6.45, 7) is 2.15. The summed E-state index contributed by atoms with van der Waals surface area (Å²) < 4.78 is 2.89. The van der Waals surface area contributed by atoms with Gasteiger partial charge >= 0.3 is 0 Å². The lowest BCUT2D eigenvalue weighted by Crippen LogP contribution is -2.00. The van der Waals surface area contributed by atoms with Crippen molar-refractivity contribution in [2.75, 3.05) is 6.61 Å². The Labute approximate surface area is 90.5 Å². The van der Waals surface area contributed by atoms with Crippen LogP contribution in [0.15, 0.2) is 22.8 Å². The van der Waals surface area contributed by atoms with Gasteiger partial charge in [0, 0.05) is 12.1 Å². The SMILES string of the molecule is Cc1cccc2c(Br)nc(CCO)n12. The van der Waals surface area contributed by atoms with Crippen LogP contribution >= 0.6 is 15.9 Å². The second-order valence-electron chi connectivity index (χ2n) is 3.18. The van der Waals surface area contributed by atoms with Gasteiger partial charge in [0.15, 0.2) is 0 Å². The van der Waals surface area contributed by atoms with E-state index in [1.807, 2.05) is 25.1 Å². The van der Waals surface area contributed by atoms with Crippen molar-refractivity contribution in [1.29, 1.82) is 0 Å². The van der Waals surface area contributed by atoms with Crippen molar-refractivity contribution in [3.63, 3.8) is 0 Å². The van der Waals surface area contributed by atoms with E-state index in [9.17, 15) is 0 Å². The van der Waals surface area contributed by atoms with Gasteiger partial charge in [0.25, 0.3) is 0 Å². The summed E-state index contributed by atoms with van der Waals surface area (Å²) in [6.07, 6.45) is 0.581. The van der Waals surface area contributed by atoms with Gasteiger partial charge in [-0.15, -0.1) is 0 Å². The standard InChI is InChI=1S/C10H11BrN2O/c1-7-3-2-4-8-10(11)12-9(5-6-14)13(7)8/h2-4,14H,5-6H2,1H3. The van der Waals surface area contributed by atoms with Crippen LogP contribution in [0.1, 0.15) is 11.5 Å². The molecule has 2 heterocycles. The Hall–Kier alpha value is -0.870. The van der Waals surface area contributed by atoms with Crippen LogP contribution in [0.3, 0.4) is 0 Å². The molecule has 2 rings (SSSR count). The van der Waals surface area contributed by atoms with Crippen LogP contribution in [0.4, 0.5) is 0 Å². The van der Waals surface area contributed by atoms with E-state index in [1.165, 1.54) is 0 Å². The summed E-state index contributed by atoms with van der Waals surface area (Å²) in [7, 11) is 0. The molecule has 0 aliphatic rings. The Morgan fingerprint density at radius 3 is 3.00 bits per heavy atom. The van der Waals surface area contributed by atoms with E-state index in [4.69, 9.17) is 5.11 Å². The normalized spacial score (nSPS) is 11.1. The molecule has 0 amide bonds. The third-order valence-electron chi connectivity index (χ3n) is 2.22. The number of fused-ring (bicyclic) bond motifs is 1. The van der Waals surface area contributed by atoms with Crippen molar-refractivity contribution in [2.45, 2.75) is 13.3 Å². The molecule has 0 spiro atoms. The van der Waals surface area contributed by atoms with E-state index in [0.717, 1.165) is 21.6 Å². The van der Waals surface area contributed by atoms with Crippen LogP contribution < -0.4 is 0 Å². The zero-order chi connectivity index (χ0) is 10.1. The van der Waals surface area contributed by atoms with E-state index in [1.54, 1.807) is 0 Å². The molecule has 0 atom stereocenters. The van der Waals surface area contributed by atoms with E-state index >= 15 is 0 Å². The minimum absolute atomic E-state index is 0.125. The van der Waals surface area contributed by atoms with Crippen molar-refractivity contribution >= 4 is 21.4 Å². The quantitative estimate of drug-likeness (QED) is 0.890. The van der Waals surface area contributed by atoms with Gasteiger partial charge in [-0.2, -0.15) is 0 Å². The maximum Gasteiger partial charge on any atom is 0.132 e. The molecule has 0 saturated heterocycles. The van der Waals surface area contributed by atoms with E-state index in [2.05, 4.69) is 25.3 Å². The van der Waals surface area contributed by atoms with Crippen LogP contribution in [0.5, 0.6) is 0 Å². The molecule has 74 valence electrons. The van der Waals surface area contributed by atoms with Gasteiger partial charge in [0.05, 0.1) is 12.1 Å². The first kappa shape index (κ1) is 9.68. The molecule has 0 aliphatic carbocycles. The number of aliphatic hydroxyl groups excluding tert-OH is 1. The molecule has 0 aromatic carbocycles. The second-order valence-corrected chi connectivity index (χ2v) is 3.93. The molecule has 2 aromatic heterocycles. The third kappa shape index (κ3) is 1.44. The molecular formula is C10H11BrN2O. The number of aromatic nitrogens is 2. The molecule has 1 N–H and O–H groups in total. The summed E-state index contributed by atoms with van der Waals surface area (Å²) in [5, 5.41) is 8.91. The van der Waals surface area contributed by atoms with Crippen molar-refractivity contribution in [3.8, 4) is 0 Å². The molecule has 4 heteroatoms. The van der Waals surface area contributed by atoms with Crippen molar-refractivity contribution < 1.29 is 5.11 Å². The molecule has 0 bridgehead atoms. The fourth-order valence-corrected chi connectivity index (χ4v) is 2.12. The first-order valence-corrected chi connectivity index (χ1v) is 5.26. The van der Waals surface area contributed by atoms with Gasteiger partial charge in [0.1, 0.15) is 10.4 Å². The number of aliphatic hydroxyl groups is 1. The molecule has 2 aromatic rings. The predicted molar refractivity (Wildman–Crippen MR) is 58.4 cm³/mol. The first-order chi connectivity index (χ1) is 6.74. The predicted octanol–water partition coefficient (Wildman–Crippen LogP) is 1.94. The first-order valence-electron chi connectivity index (χ1n) is 4.47. The number of aryl methyl sites for hydroxylation is 1. The van der Waals surface area contributed by atoms with Crippen LogP contribution in [0.2, 0.25) is 0 Å². The van der Waals surface area contributed by atoms with Gasteiger partial charge in [-0.3, -0.25) is 4.40 Å². The van der Waals surface area contributed by atoms with Gasteiger partial charge in [-0.1, -0.05) is 6.07 Å². The lowest BCUT2D eigenvalue weighted by molar-refractivity contribution is 0.296. The summed E-state index contributed by atoms with van der Waals surface area (Å²) in [5.41, 5.74) is 2.18. The Morgan fingerprint density at radius 2 is 2.29 bits per heavy atom. The van der Waals surface area contributed by atoms with Gasteiger partial charge < -0.3 is 5.11 Å². The molecule has 0 saturated carbocycles. The van der Waals surface area contributed by atoms with Crippen LogP contribution in [-0.4, -0.2) is 21.1 Å². The molecule has 3 nitrogen and oxygen atoms in total. The van der Waals surface area contributed by atoms with Gasteiger partial charge in [-0.05, 0) is 35.0 Å². The number of pyridine rings is 1. The van der Waals surface area contributed by atoms with Crippen molar-refractivity contribution in [3.05, 3.63) is 34.3 Å². The monoisotopic (exact) mass is 254 g/mol. The highest BCUT2D eigenvalue weighted by Crippen LogP contribution is 2.20. The largest absolute Gasteiger partial charge is 0.396 e. The van der Waals surface area contributed by atoms with Gasteiger partial charge in [0.2, 0.25) is 0 Å². The molecular weight excluding hydrogens is 244 g/mol. The highest BCUT2D eigenvalue weighted by molar-refractivity contribution is 9.10. The van der Waals surface area contributed by atoms with Gasteiger partial charge in [-0.25, -0.2) is 4.98 Å². The zero-order valence-electron chi connectivity index (χ0n) is 7.87. The van der Waals surface area contributed by atoms with Crippen LogP contribution in [0, 0.1) is 6.92 Å². The Kier molecular flexibility index (Phi) is 2.56. The van der Waals surface area contributed by atoms with Crippen molar-refractivity contribution in [2.24, 2.45) is 0 Å². The molecule has 0 aliphatic heterocycles. The molecule has 0 fully saturated rings. The van der Waals surface area contributed by atoms with E-state index in [-0.39, 0.29) is 6.61 Å². The average molecular weight is 255 g/mol. The summed E-state index contributed by atoms with van der Waals surface area (Å²) in [5.74, 6) is 0.896. The Balaban J connectivity index is 2.72. The smallest absolute Gasteiger partial charge is 0.132 e. The highest BCUT2D eigenvalue weighted by atomic mass is 79.9. The zero-order valence-corrected chi connectivity index (χ0v) is 9.45. The summed E-state index contributed by atoms with van der Waals surface area (Å²) in [4.78, 5) is 4.36. The van der Waals surface area contributed by atoms with Crippen LogP contribution in [0.25, 0.3) is 5.52 Å². The molecule has 14 heavy (non-hydrogen) atoms. The number of imidazole rings is 1. The number of hydrogen-bond acceptors (Lipinski definition) is 2. The van der Waals surface area contributed by atoms with Crippen LogP contribution in [-0.2, 0) is 6.42 Å². The fourth-order valence-electron chi connectivity index (χ4n) is 1.61. The second kappa shape index (κ2) is 3.71. The molecule has 0 unspecified atom stereocenters. The maximum absolute atomic E-state index is 8.91. The topological polar surface area (TPSA) is 37.5 Å². The number of hydrogen-bond donors (Lipinski definition) is 1.